The zero-order chi connectivity index (χ0) is 18.5. The van der Waals surface area contributed by atoms with Gasteiger partial charge in [-0.05, 0) is 54.0 Å². The van der Waals surface area contributed by atoms with E-state index >= 15 is 0 Å². The summed E-state index contributed by atoms with van der Waals surface area (Å²) in [6, 6.07) is 16.1. The molecule has 0 saturated heterocycles. The summed E-state index contributed by atoms with van der Waals surface area (Å²) in [6.45, 7) is 12.8. The van der Waals surface area contributed by atoms with Gasteiger partial charge in [-0.25, -0.2) is 0 Å². The largest absolute Gasteiger partial charge is 0.0843 e. The number of benzene rings is 2. The van der Waals surface area contributed by atoms with E-state index in [-0.39, 0.29) is 0 Å². The molecule has 0 unspecified atom stereocenters. The maximum Gasteiger partial charge on any atom is 0.0438 e. The molecule has 24 heavy (non-hydrogen) atoms. The Bertz CT molecular complexity index is 559. The Morgan fingerprint density at radius 3 is 1.83 bits per heavy atom. The minimum atomic E-state index is 0.676. The lowest BCUT2D eigenvalue weighted by molar-refractivity contribution is 0.647. The standard InChI is InChI=1S/2C10H13Cl.C2H6/c1-8(2)6-9-4-3-5-10(11)7-9;1-8(2)7-9-5-3-4-6-10(9)11;1-2/h3-5,7-8H,6H2,1-2H3;3-6,8H,7H2,1-2H3;1-2H3. The smallest absolute Gasteiger partial charge is 0.0438 e. The van der Waals surface area contributed by atoms with E-state index in [0.29, 0.717) is 11.8 Å². The minimum absolute atomic E-state index is 0.676. The van der Waals surface area contributed by atoms with Crippen LogP contribution >= 0.6 is 23.2 Å². The fourth-order valence-corrected chi connectivity index (χ4v) is 2.66. The molecule has 134 valence electrons. The topological polar surface area (TPSA) is 0 Å². The van der Waals surface area contributed by atoms with E-state index in [2.05, 4.69) is 39.8 Å². The number of hydrogen-bond acceptors (Lipinski definition) is 0. The van der Waals surface area contributed by atoms with E-state index in [1.54, 1.807) is 0 Å². The van der Waals surface area contributed by atoms with Crippen LogP contribution in [0.2, 0.25) is 10.0 Å². The van der Waals surface area contributed by atoms with Crippen LogP contribution in [0, 0.1) is 11.8 Å². The Morgan fingerprint density at radius 2 is 1.33 bits per heavy atom. The molecule has 2 aromatic carbocycles. The molecule has 0 fully saturated rings. The molecule has 0 heterocycles. The Labute approximate surface area is 159 Å². The summed E-state index contributed by atoms with van der Waals surface area (Å²) in [5.74, 6) is 1.38. The van der Waals surface area contributed by atoms with Gasteiger partial charge in [0.05, 0.1) is 0 Å². The van der Waals surface area contributed by atoms with Crippen molar-refractivity contribution in [3.63, 3.8) is 0 Å². The first kappa shape index (κ1) is 23.0. The third-order valence-corrected chi connectivity index (χ3v) is 3.72. The van der Waals surface area contributed by atoms with E-state index < -0.39 is 0 Å². The van der Waals surface area contributed by atoms with Gasteiger partial charge in [0.15, 0.2) is 0 Å². The molecule has 0 aliphatic rings. The molecule has 0 spiro atoms. The summed E-state index contributed by atoms with van der Waals surface area (Å²) in [6.07, 6.45) is 2.18. The Morgan fingerprint density at radius 1 is 0.750 bits per heavy atom. The van der Waals surface area contributed by atoms with Gasteiger partial charge in [-0.15, -0.1) is 0 Å². The van der Waals surface area contributed by atoms with Gasteiger partial charge in [0.1, 0.15) is 0 Å². The zero-order valence-corrected chi connectivity index (χ0v) is 17.5. The lowest BCUT2D eigenvalue weighted by Crippen LogP contribution is -1.93. The van der Waals surface area contributed by atoms with Crippen molar-refractivity contribution in [2.45, 2.75) is 54.4 Å². The van der Waals surface area contributed by atoms with Crippen LogP contribution < -0.4 is 0 Å². The summed E-state index contributed by atoms with van der Waals surface area (Å²) in [5, 5.41) is 1.73. The normalized spacial score (nSPS) is 9.92. The highest BCUT2D eigenvalue weighted by atomic mass is 35.5. The van der Waals surface area contributed by atoms with Crippen LogP contribution in [0.4, 0.5) is 0 Å². The molecule has 0 atom stereocenters. The van der Waals surface area contributed by atoms with Gasteiger partial charge in [0, 0.05) is 10.0 Å². The molecular formula is C22H32Cl2. The first-order chi connectivity index (χ1) is 11.4. The second-order valence-electron chi connectivity index (χ2n) is 6.42. The summed E-state index contributed by atoms with van der Waals surface area (Å²) in [7, 11) is 0. The highest BCUT2D eigenvalue weighted by Crippen LogP contribution is 2.18. The third-order valence-electron chi connectivity index (χ3n) is 3.12. The predicted molar refractivity (Wildman–Crippen MR) is 111 cm³/mol. The van der Waals surface area contributed by atoms with Crippen molar-refractivity contribution in [1.82, 2.24) is 0 Å². The van der Waals surface area contributed by atoms with Crippen molar-refractivity contribution in [3.8, 4) is 0 Å². The lowest BCUT2D eigenvalue weighted by atomic mass is 10.0. The average Bonchev–Trinajstić information content (AvgIpc) is 2.51. The van der Waals surface area contributed by atoms with E-state index in [4.69, 9.17) is 23.2 Å². The van der Waals surface area contributed by atoms with Gasteiger partial charge in [0.25, 0.3) is 0 Å². The summed E-state index contributed by atoms with van der Waals surface area (Å²) < 4.78 is 0. The molecule has 2 aromatic rings. The number of hydrogen-bond donors (Lipinski definition) is 0. The summed E-state index contributed by atoms with van der Waals surface area (Å²) >= 11 is 11.8. The van der Waals surface area contributed by atoms with Crippen LogP contribution in [0.1, 0.15) is 52.7 Å². The van der Waals surface area contributed by atoms with Crippen molar-refractivity contribution in [3.05, 3.63) is 69.7 Å². The quantitative estimate of drug-likeness (QED) is 0.512. The van der Waals surface area contributed by atoms with E-state index in [1.807, 2.05) is 50.2 Å². The molecule has 0 radical (unpaired) electrons. The van der Waals surface area contributed by atoms with Crippen LogP contribution in [0.3, 0.4) is 0 Å². The van der Waals surface area contributed by atoms with Crippen molar-refractivity contribution in [1.29, 1.82) is 0 Å². The maximum atomic E-state index is 5.97. The Balaban J connectivity index is 0.000000400. The molecule has 0 amide bonds. The molecule has 0 aliphatic heterocycles. The molecular weight excluding hydrogens is 335 g/mol. The second kappa shape index (κ2) is 13.3. The Kier molecular flexibility index (Phi) is 12.8. The molecule has 2 rings (SSSR count). The zero-order valence-electron chi connectivity index (χ0n) is 15.9. The van der Waals surface area contributed by atoms with Gasteiger partial charge in [-0.1, -0.05) is 95.1 Å². The number of halogens is 2. The SMILES string of the molecule is CC.CC(C)Cc1cccc(Cl)c1.CC(C)Cc1ccccc1Cl. The minimum Gasteiger partial charge on any atom is -0.0843 e. The number of rotatable bonds is 4. The third kappa shape index (κ3) is 10.7. The molecule has 0 N–H and O–H groups in total. The van der Waals surface area contributed by atoms with Gasteiger partial charge in [0.2, 0.25) is 0 Å². The van der Waals surface area contributed by atoms with Crippen molar-refractivity contribution >= 4 is 23.2 Å². The molecule has 0 bridgehead atoms. The van der Waals surface area contributed by atoms with Crippen molar-refractivity contribution < 1.29 is 0 Å². The molecule has 0 aromatic heterocycles. The Hall–Kier alpha value is -0.980. The first-order valence-electron chi connectivity index (χ1n) is 8.86. The highest BCUT2D eigenvalue weighted by molar-refractivity contribution is 6.31. The highest BCUT2D eigenvalue weighted by Gasteiger charge is 2.00. The monoisotopic (exact) mass is 366 g/mol. The van der Waals surface area contributed by atoms with Crippen molar-refractivity contribution in [2.24, 2.45) is 11.8 Å². The lowest BCUT2D eigenvalue weighted by Gasteiger charge is -2.05. The molecule has 0 nitrogen and oxygen atoms in total. The molecule has 2 heteroatoms. The van der Waals surface area contributed by atoms with Crippen LogP contribution in [0.25, 0.3) is 0 Å². The van der Waals surface area contributed by atoms with Crippen molar-refractivity contribution in [2.75, 3.05) is 0 Å². The fourth-order valence-electron chi connectivity index (χ4n) is 2.24. The van der Waals surface area contributed by atoms with Crippen LogP contribution in [0.5, 0.6) is 0 Å². The van der Waals surface area contributed by atoms with Gasteiger partial charge in [-0.2, -0.15) is 0 Å². The van der Waals surface area contributed by atoms with E-state index in [1.165, 1.54) is 11.1 Å². The fraction of sp³-hybridized carbons (Fsp3) is 0.455. The van der Waals surface area contributed by atoms with Gasteiger partial charge >= 0.3 is 0 Å². The van der Waals surface area contributed by atoms with Gasteiger partial charge in [-0.3, -0.25) is 0 Å². The summed E-state index contributed by atoms with van der Waals surface area (Å²) in [4.78, 5) is 0. The summed E-state index contributed by atoms with van der Waals surface area (Å²) in [5.41, 5.74) is 2.58. The maximum absolute atomic E-state index is 5.97. The van der Waals surface area contributed by atoms with Gasteiger partial charge < -0.3 is 0 Å². The van der Waals surface area contributed by atoms with Crippen LogP contribution in [-0.4, -0.2) is 0 Å². The molecule has 0 saturated carbocycles. The predicted octanol–water partition coefficient (Wildman–Crippen LogP) is 8.10. The molecule has 0 aliphatic carbocycles. The first-order valence-corrected chi connectivity index (χ1v) is 9.62. The van der Waals surface area contributed by atoms with E-state index in [9.17, 15) is 0 Å². The van der Waals surface area contributed by atoms with E-state index in [0.717, 1.165) is 22.9 Å². The van der Waals surface area contributed by atoms with Crippen LogP contribution in [-0.2, 0) is 12.8 Å². The average molecular weight is 367 g/mol. The van der Waals surface area contributed by atoms with Crippen LogP contribution in [0.15, 0.2) is 48.5 Å². The second-order valence-corrected chi connectivity index (χ2v) is 7.26.